The Bertz CT molecular complexity index is 1130. The van der Waals surface area contributed by atoms with Crippen LogP contribution in [0.2, 0.25) is 0 Å². The molecule has 1 aliphatic rings. The van der Waals surface area contributed by atoms with Gasteiger partial charge in [-0.25, -0.2) is 18.4 Å². The second kappa shape index (κ2) is 6.95. The first-order valence-electron chi connectivity index (χ1n) is 8.55. The van der Waals surface area contributed by atoms with Crippen molar-refractivity contribution in [1.29, 1.82) is 5.26 Å². The van der Waals surface area contributed by atoms with Gasteiger partial charge in [0.2, 0.25) is 10.0 Å². The molecule has 0 spiro atoms. The molecule has 1 saturated heterocycles. The van der Waals surface area contributed by atoms with E-state index < -0.39 is 10.0 Å². The number of para-hydroxylation sites is 1. The van der Waals surface area contributed by atoms with Crippen molar-refractivity contribution >= 4 is 26.7 Å². The number of hydrogen-bond acceptors (Lipinski definition) is 6. The average molecular weight is 379 g/mol. The highest BCUT2D eigenvalue weighted by Gasteiger charge is 2.31. The molecule has 1 fully saturated rings. The van der Waals surface area contributed by atoms with Crippen molar-refractivity contribution in [2.24, 2.45) is 0 Å². The van der Waals surface area contributed by atoms with Gasteiger partial charge in [-0.1, -0.05) is 24.3 Å². The fraction of sp³-hybridized carbons (Fsp3) is 0.211. The Morgan fingerprint density at radius 2 is 1.63 bits per heavy atom. The van der Waals surface area contributed by atoms with E-state index in [1.54, 1.807) is 12.1 Å². The summed E-state index contributed by atoms with van der Waals surface area (Å²) >= 11 is 0. The highest BCUT2D eigenvalue weighted by molar-refractivity contribution is 7.89. The van der Waals surface area contributed by atoms with Crippen molar-refractivity contribution in [2.45, 2.75) is 4.90 Å². The maximum atomic E-state index is 13.0. The Balaban J connectivity index is 1.58. The Kier molecular flexibility index (Phi) is 4.48. The first-order chi connectivity index (χ1) is 13.1. The summed E-state index contributed by atoms with van der Waals surface area (Å²) in [6.07, 6.45) is 1.53. The lowest BCUT2D eigenvalue weighted by molar-refractivity contribution is 0.384. The molecule has 0 saturated carbocycles. The highest BCUT2D eigenvalue weighted by atomic mass is 32.2. The van der Waals surface area contributed by atoms with Gasteiger partial charge in [0.25, 0.3) is 0 Å². The van der Waals surface area contributed by atoms with E-state index in [2.05, 4.69) is 14.9 Å². The van der Waals surface area contributed by atoms with E-state index in [0.717, 1.165) is 16.7 Å². The van der Waals surface area contributed by atoms with E-state index in [-0.39, 0.29) is 10.5 Å². The molecule has 0 bridgehead atoms. The van der Waals surface area contributed by atoms with Crippen molar-refractivity contribution in [1.82, 2.24) is 14.3 Å². The summed E-state index contributed by atoms with van der Waals surface area (Å²) in [5.41, 5.74) is 1.03. The fourth-order valence-corrected chi connectivity index (χ4v) is 4.87. The highest BCUT2D eigenvalue weighted by Crippen LogP contribution is 2.26. The van der Waals surface area contributed by atoms with Crippen LogP contribution in [-0.2, 0) is 10.0 Å². The van der Waals surface area contributed by atoms with Crippen LogP contribution in [0.15, 0.2) is 59.8 Å². The van der Waals surface area contributed by atoms with Gasteiger partial charge in [0.1, 0.15) is 18.2 Å². The van der Waals surface area contributed by atoms with Crippen molar-refractivity contribution < 1.29 is 8.42 Å². The molecule has 136 valence electrons. The second-order valence-corrected chi connectivity index (χ2v) is 8.12. The van der Waals surface area contributed by atoms with Gasteiger partial charge in [-0.15, -0.1) is 0 Å². The summed E-state index contributed by atoms with van der Waals surface area (Å²) in [6, 6.07) is 16.0. The quantitative estimate of drug-likeness (QED) is 0.691. The van der Waals surface area contributed by atoms with E-state index >= 15 is 0 Å². The van der Waals surface area contributed by atoms with Crippen LogP contribution in [0.4, 0.5) is 5.82 Å². The third-order valence-corrected chi connectivity index (χ3v) is 6.64. The number of nitrogens with zero attached hydrogens (tertiary/aromatic N) is 5. The summed E-state index contributed by atoms with van der Waals surface area (Å²) in [6.45, 7) is 1.71. The SMILES string of the molecule is N#Cc1ccccc1S(=O)(=O)N1CCN(c2ncnc3ccccc23)CC1. The lowest BCUT2D eigenvalue weighted by Crippen LogP contribution is -2.49. The molecular weight excluding hydrogens is 362 g/mol. The van der Waals surface area contributed by atoms with Crippen molar-refractivity contribution in [3.05, 3.63) is 60.4 Å². The lowest BCUT2D eigenvalue weighted by atomic mass is 10.2. The molecule has 1 aromatic heterocycles. The number of hydrogen-bond donors (Lipinski definition) is 0. The minimum absolute atomic E-state index is 0.0634. The van der Waals surface area contributed by atoms with E-state index in [1.807, 2.05) is 30.3 Å². The lowest BCUT2D eigenvalue weighted by Gasteiger charge is -2.35. The van der Waals surface area contributed by atoms with Gasteiger partial charge < -0.3 is 4.90 Å². The topological polar surface area (TPSA) is 90.2 Å². The van der Waals surface area contributed by atoms with E-state index in [4.69, 9.17) is 0 Å². The van der Waals surface area contributed by atoms with Crippen molar-refractivity contribution in [3.63, 3.8) is 0 Å². The second-order valence-electron chi connectivity index (χ2n) is 6.21. The van der Waals surface area contributed by atoms with Crippen LogP contribution in [0, 0.1) is 11.3 Å². The first-order valence-corrected chi connectivity index (χ1v) is 9.99. The minimum Gasteiger partial charge on any atom is -0.353 e. The van der Waals surface area contributed by atoms with E-state index in [0.29, 0.717) is 26.2 Å². The number of aromatic nitrogens is 2. The minimum atomic E-state index is -3.70. The number of fused-ring (bicyclic) bond motifs is 1. The molecule has 7 nitrogen and oxygen atoms in total. The first kappa shape index (κ1) is 17.4. The number of anilines is 1. The molecule has 0 atom stereocenters. The molecule has 0 amide bonds. The Morgan fingerprint density at radius 1 is 0.926 bits per heavy atom. The van der Waals surface area contributed by atoms with Gasteiger partial charge in [-0.2, -0.15) is 9.57 Å². The van der Waals surface area contributed by atoms with Crippen LogP contribution in [-0.4, -0.2) is 48.9 Å². The standard InChI is InChI=1S/C19H17N5O2S/c20-13-15-5-1-4-8-18(15)27(25,26)24-11-9-23(10-12-24)19-16-6-2-3-7-17(16)21-14-22-19/h1-8,14H,9-12H2. The zero-order valence-corrected chi connectivity index (χ0v) is 15.3. The monoisotopic (exact) mass is 379 g/mol. The summed E-state index contributed by atoms with van der Waals surface area (Å²) in [5.74, 6) is 0.815. The Morgan fingerprint density at radius 3 is 2.41 bits per heavy atom. The largest absolute Gasteiger partial charge is 0.353 e. The van der Waals surface area contributed by atoms with Gasteiger partial charge in [0, 0.05) is 31.6 Å². The van der Waals surface area contributed by atoms with Crippen molar-refractivity contribution in [3.8, 4) is 6.07 Å². The molecule has 8 heteroatoms. The van der Waals surface area contributed by atoms with Crippen LogP contribution in [0.25, 0.3) is 10.9 Å². The predicted molar refractivity (Wildman–Crippen MR) is 102 cm³/mol. The normalized spacial score (nSPS) is 15.6. The van der Waals surface area contributed by atoms with Gasteiger partial charge in [0.15, 0.2) is 0 Å². The summed E-state index contributed by atoms with van der Waals surface area (Å²) < 4.78 is 27.3. The van der Waals surface area contributed by atoms with Crippen LogP contribution in [0.5, 0.6) is 0 Å². The molecule has 4 rings (SSSR count). The van der Waals surface area contributed by atoms with Crippen LogP contribution in [0.1, 0.15) is 5.56 Å². The fourth-order valence-electron chi connectivity index (χ4n) is 3.31. The molecule has 0 N–H and O–H groups in total. The third-order valence-electron chi connectivity index (χ3n) is 4.69. The maximum absolute atomic E-state index is 13.0. The molecule has 27 heavy (non-hydrogen) atoms. The van der Waals surface area contributed by atoms with Crippen molar-refractivity contribution in [2.75, 3.05) is 31.1 Å². The number of benzene rings is 2. The molecule has 2 aromatic carbocycles. The molecule has 0 unspecified atom stereocenters. The smallest absolute Gasteiger partial charge is 0.244 e. The van der Waals surface area contributed by atoms with Gasteiger partial charge in [-0.05, 0) is 24.3 Å². The van der Waals surface area contributed by atoms with E-state index in [9.17, 15) is 13.7 Å². The van der Waals surface area contributed by atoms with Gasteiger partial charge in [-0.3, -0.25) is 0 Å². The molecule has 0 radical (unpaired) electrons. The number of rotatable bonds is 3. The van der Waals surface area contributed by atoms with Crippen LogP contribution >= 0.6 is 0 Å². The molecular formula is C19H17N5O2S. The zero-order chi connectivity index (χ0) is 18.9. The van der Waals surface area contributed by atoms with Gasteiger partial charge >= 0.3 is 0 Å². The average Bonchev–Trinajstić information content (AvgIpc) is 2.73. The summed E-state index contributed by atoms with van der Waals surface area (Å²) in [4.78, 5) is 10.8. The van der Waals surface area contributed by atoms with Crippen LogP contribution in [0.3, 0.4) is 0 Å². The number of nitriles is 1. The molecule has 0 aliphatic carbocycles. The Hall–Kier alpha value is -3.02. The molecule has 2 heterocycles. The summed E-state index contributed by atoms with van der Waals surface area (Å²) in [5, 5.41) is 10.2. The predicted octanol–water partition coefficient (Wildman–Crippen LogP) is 2.01. The molecule has 3 aromatic rings. The maximum Gasteiger partial charge on any atom is 0.244 e. The number of piperazine rings is 1. The van der Waals surface area contributed by atoms with E-state index in [1.165, 1.54) is 22.8 Å². The molecule has 1 aliphatic heterocycles. The zero-order valence-electron chi connectivity index (χ0n) is 14.5. The van der Waals surface area contributed by atoms with Gasteiger partial charge in [0.05, 0.1) is 16.0 Å². The third kappa shape index (κ3) is 3.12. The van der Waals surface area contributed by atoms with Crippen LogP contribution < -0.4 is 4.90 Å². The summed E-state index contributed by atoms with van der Waals surface area (Å²) in [7, 11) is -3.70. The Labute approximate surface area is 157 Å². The number of sulfonamides is 1.